The predicted octanol–water partition coefficient (Wildman–Crippen LogP) is 4.68. The summed E-state index contributed by atoms with van der Waals surface area (Å²) in [7, 11) is 1.59. The number of phenols is 2. The molecule has 0 saturated heterocycles. The second-order valence-electron chi connectivity index (χ2n) is 4.71. The molecule has 3 rings (SSSR count). The van der Waals surface area contributed by atoms with Gasteiger partial charge in [0.2, 0.25) is 0 Å². The molecule has 0 aliphatic rings. The normalized spacial score (nSPS) is 11.1. The monoisotopic (exact) mass is 294 g/mol. The molecule has 0 heterocycles. The first-order valence-corrected chi connectivity index (χ1v) is 6.68. The summed E-state index contributed by atoms with van der Waals surface area (Å²) in [4.78, 5) is 0. The number of methoxy groups -OCH3 is 1. The fourth-order valence-corrected chi connectivity index (χ4v) is 2.16. The van der Waals surface area contributed by atoms with Crippen molar-refractivity contribution in [2.45, 2.75) is 0 Å². The number of rotatable bonds is 3. The molecule has 3 aromatic rings. The highest BCUT2D eigenvalue weighted by molar-refractivity contribution is 5.97. The molecule has 0 bridgehead atoms. The lowest BCUT2D eigenvalue weighted by Gasteiger charge is -2.06. The van der Waals surface area contributed by atoms with E-state index in [0.717, 1.165) is 16.5 Å². The van der Waals surface area contributed by atoms with E-state index in [4.69, 9.17) is 4.74 Å². The highest BCUT2D eigenvalue weighted by Gasteiger charge is 2.11. The Bertz CT molecular complexity index is 842. The fraction of sp³-hybridized carbons (Fsp3) is 0.0588. The van der Waals surface area contributed by atoms with Crippen molar-refractivity contribution in [2.24, 2.45) is 10.2 Å². The van der Waals surface area contributed by atoms with Crippen LogP contribution in [0.3, 0.4) is 0 Å². The number of benzene rings is 3. The maximum atomic E-state index is 10.0. The van der Waals surface area contributed by atoms with Crippen LogP contribution in [0.1, 0.15) is 0 Å². The van der Waals surface area contributed by atoms with Crippen LogP contribution in [0, 0.1) is 0 Å². The van der Waals surface area contributed by atoms with E-state index in [-0.39, 0.29) is 17.2 Å². The summed E-state index contributed by atoms with van der Waals surface area (Å²) in [5.74, 6) is 0.225. The summed E-state index contributed by atoms with van der Waals surface area (Å²) < 4.78 is 5.08. The second-order valence-corrected chi connectivity index (χ2v) is 4.71. The first-order chi connectivity index (χ1) is 10.7. The number of hydrogen-bond acceptors (Lipinski definition) is 5. The molecule has 0 aromatic heterocycles. The molecule has 3 aromatic carbocycles. The zero-order chi connectivity index (χ0) is 15.5. The Labute approximate surface area is 127 Å². The van der Waals surface area contributed by atoms with Gasteiger partial charge < -0.3 is 14.9 Å². The first kappa shape index (κ1) is 13.9. The van der Waals surface area contributed by atoms with E-state index in [1.54, 1.807) is 31.4 Å². The molecule has 0 saturated carbocycles. The zero-order valence-electron chi connectivity index (χ0n) is 11.9. The van der Waals surface area contributed by atoms with Crippen LogP contribution >= 0.6 is 0 Å². The largest absolute Gasteiger partial charge is 0.504 e. The van der Waals surface area contributed by atoms with Crippen LogP contribution < -0.4 is 4.74 Å². The van der Waals surface area contributed by atoms with Crippen molar-refractivity contribution in [3.05, 3.63) is 54.6 Å². The van der Waals surface area contributed by atoms with E-state index in [1.165, 1.54) is 6.07 Å². The number of hydrogen-bond donors (Lipinski definition) is 2. The average Bonchev–Trinajstić information content (AvgIpc) is 2.56. The predicted molar refractivity (Wildman–Crippen MR) is 84.4 cm³/mol. The van der Waals surface area contributed by atoms with Crippen LogP contribution in [-0.4, -0.2) is 17.3 Å². The first-order valence-electron chi connectivity index (χ1n) is 6.68. The molecule has 110 valence electrons. The number of aromatic hydroxyl groups is 2. The van der Waals surface area contributed by atoms with Gasteiger partial charge in [-0.1, -0.05) is 24.3 Å². The Morgan fingerprint density at radius 2 is 1.64 bits per heavy atom. The molecule has 0 unspecified atom stereocenters. The molecule has 22 heavy (non-hydrogen) atoms. The van der Waals surface area contributed by atoms with Crippen LogP contribution in [0.2, 0.25) is 0 Å². The van der Waals surface area contributed by atoms with Crippen molar-refractivity contribution in [2.75, 3.05) is 7.11 Å². The van der Waals surface area contributed by atoms with Crippen molar-refractivity contribution in [1.29, 1.82) is 0 Å². The fourth-order valence-electron chi connectivity index (χ4n) is 2.16. The van der Waals surface area contributed by atoms with Gasteiger partial charge in [0.15, 0.2) is 11.5 Å². The Morgan fingerprint density at radius 3 is 2.36 bits per heavy atom. The second kappa shape index (κ2) is 5.73. The maximum Gasteiger partial charge on any atom is 0.186 e. The smallest absolute Gasteiger partial charge is 0.186 e. The Hall–Kier alpha value is -3.08. The lowest BCUT2D eigenvalue weighted by atomic mass is 10.1. The average molecular weight is 294 g/mol. The standard InChI is InChI=1S/C17H14N2O3/c1-22-13-8-6-12(7-9-13)18-19-16-14-5-3-2-4-11(14)10-15(20)17(16)21/h2-10,20-21H,1H3. The van der Waals surface area contributed by atoms with Gasteiger partial charge in [-0.25, -0.2) is 0 Å². The summed E-state index contributed by atoms with van der Waals surface area (Å²) >= 11 is 0. The Kier molecular flexibility index (Phi) is 3.62. The molecule has 5 nitrogen and oxygen atoms in total. The molecular weight excluding hydrogens is 280 g/mol. The van der Waals surface area contributed by atoms with E-state index in [2.05, 4.69) is 10.2 Å². The summed E-state index contributed by atoms with van der Waals surface area (Å²) in [6.45, 7) is 0. The molecule has 0 amide bonds. The summed E-state index contributed by atoms with van der Waals surface area (Å²) in [5, 5.41) is 29.5. The minimum Gasteiger partial charge on any atom is -0.504 e. The van der Waals surface area contributed by atoms with Gasteiger partial charge in [0.05, 0.1) is 12.8 Å². The van der Waals surface area contributed by atoms with Gasteiger partial charge in [0.1, 0.15) is 11.4 Å². The van der Waals surface area contributed by atoms with Gasteiger partial charge in [-0.3, -0.25) is 0 Å². The van der Waals surface area contributed by atoms with Crippen molar-refractivity contribution >= 4 is 22.1 Å². The van der Waals surface area contributed by atoms with E-state index >= 15 is 0 Å². The molecule has 0 radical (unpaired) electrons. The molecule has 0 aliphatic heterocycles. The van der Waals surface area contributed by atoms with Crippen molar-refractivity contribution in [1.82, 2.24) is 0 Å². The van der Waals surface area contributed by atoms with Crippen LogP contribution in [0.25, 0.3) is 10.8 Å². The van der Waals surface area contributed by atoms with Crippen LogP contribution in [-0.2, 0) is 0 Å². The molecule has 2 N–H and O–H groups in total. The molecule has 5 heteroatoms. The van der Waals surface area contributed by atoms with Gasteiger partial charge in [0.25, 0.3) is 0 Å². The van der Waals surface area contributed by atoms with Crippen molar-refractivity contribution < 1.29 is 14.9 Å². The SMILES string of the molecule is COc1ccc(N=Nc2c(O)c(O)cc3ccccc23)cc1. The Morgan fingerprint density at radius 1 is 0.909 bits per heavy atom. The summed E-state index contributed by atoms with van der Waals surface area (Å²) in [6, 6.07) is 15.9. The van der Waals surface area contributed by atoms with Crippen LogP contribution in [0.15, 0.2) is 64.8 Å². The number of phenolic OH excluding ortho intramolecular Hbond substituents is 2. The van der Waals surface area contributed by atoms with Gasteiger partial charge in [-0.2, -0.15) is 5.11 Å². The van der Waals surface area contributed by atoms with Crippen LogP contribution in [0.5, 0.6) is 17.2 Å². The van der Waals surface area contributed by atoms with Gasteiger partial charge in [-0.15, -0.1) is 5.11 Å². The van der Waals surface area contributed by atoms with Gasteiger partial charge in [-0.05, 0) is 35.7 Å². The summed E-state index contributed by atoms with van der Waals surface area (Å²) in [6.07, 6.45) is 0. The van der Waals surface area contributed by atoms with Crippen molar-refractivity contribution in [3.8, 4) is 17.2 Å². The zero-order valence-corrected chi connectivity index (χ0v) is 11.9. The maximum absolute atomic E-state index is 10.0. The van der Waals surface area contributed by atoms with Gasteiger partial charge >= 0.3 is 0 Å². The molecule has 0 fully saturated rings. The summed E-state index contributed by atoms with van der Waals surface area (Å²) in [5.41, 5.74) is 0.860. The van der Waals surface area contributed by atoms with Crippen LogP contribution in [0.4, 0.5) is 11.4 Å². The number of ether oxygens (including phenoxy) is 1. The van der Waals surface area contributed by atoms with E-state index in [1.807, 2.05) is 24.3 Å². The number of nitrogens with zero attached hydrogens (tertiary/aromatic N) is 2. The van der Waals surface area contributed by atoms with Gasteiger partial charge in [0, 0.05) is 5.39 Å². The highest BCUT2D eigenvalue weighted by Crippen LogP contribution is 2.42. The van der Waals surface area contributed by atoms with Crippen molar-refractivity contribution in [3.63, 3.8) is 0 Å². The lowest BCUT2D eigenvalue weighted by Crippen LogP contribution is -1.79. The third kappa shape index (κ3) is 2.56. The highest BCUT2D eigenvalue weighted by atomic mass is 16.5. The minimum absolute atomic E-state index is 0.220. The molecule has 0 aliphatic carbocycles. The molecule has 0 spiro atoms. The van der Waals surface area contributed by atoms with E-state index in [9.17, 15) is 10.2 Å². The number of fused-ring (bicyclic) bond motifs is 1. The van der Waals surface area contributed by atoms with E-state index in [0.29, 0.717) is 5.69 Å². The minimum atomic E-state index is -0.282. The third-order valence-electron chi connectivity index (χ3n) is 3.31. The third-order valence-corrected chi connectivity index (χ3v) is 3.31. The number of azo groups is 1. The molecule has 0 atom stereocenters. The topological polar surface area (TPSA) is 74.4 Å². The Balaban J connectivity index is 2.05. The quantitative estimate of drug-likeness (QED) is 0.544. The van der Waals surface area contributed by atoms with E-state index < -0.39 is 0 Å². The molecular formula is C17H14N2O3. The lowest BCUT2D eigenvalue weighted by molar-refractivity contribution is 0.406.